The summed E-state index contributed by atoms with van der Waals surface area (Å²) in [4.78, 5) is 39.8. The number of rotatable bonds is 3. The fraction of sp³-hybridized carbons (Fsp3) is 0. The first-order valence-corrected chi connectivity index (χ1v) is 2.70. The zero-order valence-electron chi connectivity index (χ0n) is 5.57. The number of aromatic nitrogens is 3. The van der Waals surface area contributed by atoms with Crippen LogP contribution in [0.25, 0.3) is 0 Å². The zero-order valence-corrected chi connectivity index (χ0v) is 5.57. The van der Waals surface area contributed by atoms with Crippen molar-refractivity contribution in [2.75, 3.05) is 0 Å². The average molecular weight is 162 g/mol. The van der Waals surface area contributed by atoms with Crippen molar-refractivity contribution in [3.63, 3.8) is 0 Å². The molecule has 0 atom stereocenters. The summed E-state index contributed by atoms with van der Waals surface area (Å²) < 4.78 is 0. The van der Waals surface area contributed by atoms with Gasteiger partial charge in [-0.15, -0.1) is 0 Å². The van der Waals surface area contributed by atoms with Gasteiger partial charge >= 0.3 is 0 Å². The van der Waals surface area contributed by atoms with Gasteiger partial charge in [0.2, 0.25) is 17.5 Å². The van der Waals surface area contributed by atoms with Crippen LogP contribution in [0.1, 0.15) is 17.5 Å². The Morgan fingerprint density at radius 1 is 0.667 bits per heavy atom. The Morgan fingerprint density at radius 3 is 1.08 bits per heavy atom. The van der Waals surface area contributed by atoms with Crippen molar-refractivity contribution in [2.24, 2.45) is 0 Å². The van der Waals surface area contributed by atoms with Crippen LogP contribution in [-0.4, -0.2) is 33.8 Å². The molecule has 1 heterocycles. The second-order valence-corrected chi connectivity index (χ2v) is 1.61. The van der Waals surface area contributed by atoms with Gasteiger partial charge in [0.15, 0.2) is 0 Å². The molecule has 0 N–H and O–H groups in total. The maximum atomic E-state index is 10.0. The second-order valence-electron chi connectivity index (χ2n) is 1.61. The van der Waals surface area contributed by atoms with E-state index in [9.17, 15) is 14.4 Å². The summed E-state index contributed by atoms with van der Waals surface area (Å²) in [5, 5.41) is 0. The Hall–Kier alpha value is -1.98. The second kappa shape index (κ2) is 3.42. The molecule has 0 aliphatic heterocycles. The van der Waals surface area contributed by atoms with Crippen LogP contribution < -0.4 is 0 Å². The van der Waals surface area contributed by atoms with E-state index in [4.69, 9.17) is 0 Å². The number of carbonyl (C=O) groups excluding carboxylic acids is 3. The van der Waals surface area contributed by atoms with Crippen LogP contribution >= 0.6 is 0 Å². The van der Waals surface area contributed by atoms with Crippen molar-refractivity contribution in [2.45, 2.75) is 0 Å². The lowest BCUT2D eigenvalue weighted by molar-refractivity contribution is 0.553. The lowest BCUT2D eigenvalue weighted by Gasteiger charge is -1.90. The van der Waals surface area contributed by atoms with Crippen LogP contribution in [0.2, 0.25) is 0 Å². The molecule has 0 unspecified atom stereocenters. The fourth-order valence-electron chi connectivity index (χ4n) is 0.513. The Morgan fingerprint density at radius 2 is 0.917 bits per heavy atom. The van der Waals surface area contributed by atoms with Gasteiger partial charge in [-0.1, -0.05) is 0 Å². The highest BCUT2D eigenvalue weighted by Crippen LogP contribution is 1.88. The lowest BCUT2D eigenvalue weighted by Crippen LogP contribution is -2.06. The van der Waals surface area contributed by atoms with E-state index in [1.54, 1.807) is 0 Å². The van der Waals surface area contributed by atoms with E-state index >= 15 is 0 Å². The summed E-state index contributed by atoms with van der Waals surface area (Å²) in [6.45, 7) is 0. The largest absolute Gasteiger partial charge is 0.281 e. The van der Waals surface area contributed by atoms with Crippen molar-refractivity contribution in [3.8, 4) is 0 Å². The summed E-state index contributed by atoms with van der Waals surface area (Å²) in [6, 6.07) is 0. The minimum Gasteiger partial charge on any atom is -0.281 e. The minimum absolute atomic E-state index is 0.415. The molecule has 6 nitrogen and oxygen atoms in total. The van der Waals surface area contributed by atoms with Gasteiger partial charge in [0, 0.05) is 0 Å². The molecule has 0 aliphatic carbocycles. The molecule has 0 amide bonds. The first kappa shape index (κ1) is 8.12. The third-order valence-corrected chi connectivity index (χ3v) is 0.909. The molecule has 6 heteroatoms. The molecule has 1 rings (SSSR count). The predicted octanol–water partition coefficient (Wildman–Crippen LogP) is -1.75. The fourth-order valence-corrected chi connectivity index (χ4v) is 0.513. The molecule has 0 bridgehead atoms. The van der Waals surface area contributed by atoms with E-state index in [1.807, 2.05) is 0 Å². The molecule has 0 saturated heterocycles. The summed E-state index contributed by atoms with van der Waals surface area (Å²) in [5.41, 5.74) is 0. The predicted molar refractivity (Wildman–Crippen MR) is 34.2 cm³/mol. The third-order valence-electron chi connectivity index (χ3n) is 0.909. The van der Waals surface area contributed by atoms with E-state index < -0.39 is 17.5 Å². The molecule has 0 spiro atoms. The Labute approximate surface area is 66.7 Å². The van der Waals surface area contributed by atoms with Gasteiger partial charge in [-0.2, -0.15) is 0 Å². The molecule has 1 aromatic heterocycles. The monoisotopic (exact) mass is 162 g/mol. The first-order valence-electron chi connectivity index (χ1n) is 2.70. The molecule has 0 aromatic carbocycles. The highest BCUT2D eigenvalue weighted by atomic mass is 16.1. The summed E-state index contributed by atoms with van der Waals surface area (Å²) >= 11 is 0. The molecule has 0 fully saturated rings. The van der Waals surface area contributed by atoms with Crippen molar-refractivity contribution in [1.29, 1.82) is 0 Å². The van der Waals surface area contributed by atoms with E-state index in [2.05, 4.69) is 15.0 Å². The maximum Gasteiger partial charge on any atom is 0.274 e. The number of nitrogens with zero attached hydrogens (tertiary/aromatic N) is 3. The van der Waals surface area contributed by atoms with Gasteiger partial charge in [-0.05, 0) is 0 Å². The van der Waals surface area contributed by atoms with Crippen LogP contribution in [-0.2, 0) is 14.4 Å². The van der Waals surface area contributed by atoms with Crippen LogP contribution in [0, 0.1) is 0 Å². The van der Waals surface area contributed by atoms with Crippen LogP contribution in [0.15, 0.2) is 0 Å². The first-order chi connectivity index (χ1) is 5.80. The van der Waals surface area contributed by atoms with Crippen molar-refractivity contribution in [3.05, 3.63) is 17.5 Å². The summed E-state index contributed by atoms with van der Waals surface area (Å²) in [5.74, 6) is -1.25. The van der Waals surface area contributed by atoms with Crippen molar-refractivity contribution < 1.29 is 14.4 Å². The van der Waals surface area contributed by atoms with Gasteiger partial charge in [0.25, 0.3) is 18.9 Å². The normalized spacial score (nSPS) is 9.00. The Kier molecular flexibility index (Phi) is 2.32. The van der Waals surface area contributed by atoms with Gasteiger partial charge in [-0.25, -0.2) is 15.0 Å². The van der Waals surface area contributed by atoms with Gasteiger partial charge in [-0.3, -0.25) is 14.4 Å². The average Bonchev–Trinajstić information content (AvgIpc) is 2.16. The van der Waals surface area contributed by atoms with Crippen molar-refractivity contribution in [1.82, 2.24) is 15.0 Å². The topological polar surface area (TPSA) is 89.9 Å². The Balaban J connectivity index is 3.26. The molecule has 12 heavy (non-hydrogen) atoms. The van der Waals surface area contributed by atoms with Crippen LogP contribution in [0.3, 0.4) is 0 Å². The molecule has 57 valence electrons. The quantitative estimate of drug-likeness (QED) is 0.523. The maximum absolute atomic E-state index is 10.0. The van der Waals surface area contributed by atoms with Crippen molar-refractivity contribution >= 4 is 18.9 Å². The molecule has 3 radical (unpaired) electrons. The van der Waals surface area contributed by atoms with Gasteiger partial charge < -0.3 is 0 Å². The highest BCUT2D eigenvalue weighted by molar-refractivity contribution is 5.77. The van der Waals surface area contributed by atoms with Gasteiger partial charge in [0.1, 0.15) is 0 Å². The molecule has 0 saturated carbocycles. The Bertz CT molecular complexity index is 272. The van der Waals surface area contributed by atoms with Crippen LogP contribution in [0.5, 0.6) is 0 Å². The lowest BCUT2D eigenvalue weighted by atomic mass is 10.5. The zero-order chi connectivity index (χ0) is 8.97. The van der Waals surface area contributed by atoms with Gasteiger partial charge in [0.05, 0.1) is 0 Å². The van der Waals surface area contributed by atoms with E-state index in [-0.39, 0.29) is 0 Å². The third kappa shape index (κ3) is 1.54. The summed E-state index contributed by atoms with van der Waals surface area (Å²) in [7, 11) is 0. The van der Waals surface area contributed by atoms with E-state index in [1.165, 1.54) is 18.9 Å². The standard InChI is InChI=1S/C6N3O3/c10-1-4-7-5(2-11)9-6(3-12)8-4. The van der Waals surface area contributed by atoms with Crippen LogP contribution in [0.4, 0.5) is 0 Å². The highest BCUT2D eigenvalue weighted by Gasteiger charge is 2.05. The van der Waals surface area contributed by atoms with E-state index in [0.717, 1.165) is 0 Å². The summed E-state index contributed by atoms with van der Waals surface area (Å²) in [6.07, 6.45) is 3.92. The number of hydrogen-bond acceptors (Lipinski definition) is 6. The molecule has 0 aliphatic rings. The molecular formula is C6N3O3. The SMILES string of the molecule is O=[C]c1nc([C]=O)nc([C]=O)n1. The molecular weight excluding hydrogens is 162 g/mol. The smallest absolute Gasteiger partial charge is 0.274 e. The number of hydrogen-bond donors (Lipinski definition) is 0. The van der Waals surface area contributed by atoms with E-state index in [0.29, 0.717) is 0 Å². The molecule has 1 aromatic rings. The minimum atomic E-state index is -0.415.